The fraction of sp³-hybridized carbons (Fsp3) is 0.364. The molecule has 0 saturated carbocycles. The van der Waals surface area contributed by atoms with E-state index in [9.17, 15) is 0 Å². The molecule has 0 unspecified atom stereocenters. The average Bonchev–Trinajstić information content (AvgIpc) is 2.12. The molecule has 0 aliphatic rings. The van der Waals surface area contributed by atoms with Crippen molar-refractivity contribution in [3.63, 3.8) is 0 Å². The fourth-order valence-electron chi connectivity index (χ4n) is 1.49. The van der Waals surface area contributed by atoms with Crippen LogP contribution in [-0.2, 0) is 0 Å². The second kappa shape index (κ2) is 4.77. The summed E-state index contributed by atoms with van der Waals surface area (Å²) in [5, 5.41) is 0. The van der Waals surface area contributed by atoms with Gasteiger partial charge in [0.2, 0.25) is 0 Å². The van der Waals surface area contributed by atoms with Gasteiger partial charge in [-0.05, 0) is 32.9 Å². The molecular formula is C11H17N3. The summed E-state index contributed by atoms with van der Waals surface area (Å²) in [6.45, 7) is 6.85. The highest BCUT2D eigenvalue weighted by Gasteiger charge is 2.01. The Labute approximate surface area is 85.0 Å². The largest absolute Gasteiger partial charge is 0.308 e. The Morgan fingerprint density at radius 2 is 1.86 bits per heavy atom. The highest BCUT2D eigenvalue weighted by Crippen LogP contribution is 2.08. The number of nitrogens with zero attached hydrogens (tertiary/aromatic N) is 1. The lowest BCUT2D eigenvalue weighted by Gasteiger charge is -2.07. The van der Waals surface area contributed by atoms with Gasteiger partial charge in [-0.3, -0.25) is 4.99 Å². The van der Waals surface area contributed by atoms with E-state index in [4.69, 9.17) is 5.84 Å². The van der Waals surface area contributed by atoms with Crippen LogP contribution in [0.4, 0.5) is 0 Å². The zero-order chi connectivity index (χ0) is 10.6. The van der Waals surface area contributed by atoms with Gasteiger partial charge >= 0.3 is 0 Å². The van der Waals surface area contributed by atoms with E-state index in [0.717, 1.165) is 17.9 Å². The summed E-state index contributed by atoms with van der Waals surface area (Å²) in [6.07, 6.45) is 0. The molecule has 0 atom stereocenters. The molecule has 0 aliphatic heterocycles. The van der Waals surface area contributed by atoms with E-state index < -0.39 is 0 Å². The maximum Gasteiger partial charge on any atom is 0.142 e. The first kappa shape index (κ1) is 10.7. The predicted molar refractivity (Wildman–Crippen MR) is 60.3 cm³/mol. The van der Waals surface area contributed by atoms with Crippen molar-refractivity contribution in [1.82, 2.24) is 5.43 Å². The Hall–Kier alpha value is -1.35. The lowest BCUT2D eigenvalue weighted by Crippen LogP contribution is -2.31. The molecule has 0 fully saturated rings. The number of hydrogen-bond donors (Lipinski definition) is 2. The van der Waals surface area contributed by atoms with Crippen LogP contribution in [0, 0.1) is 13.8 Å². The third kappa shape index (κ3) is 2.57. The Morgan fingerprint density at radius 1 is 1.29 bits per heavy atom. The minimum Gasteiger partial charge on any atom is -0.308 e. The number of hydrogen-bond acceptors (Lipinski definition) is 2. The zero-order valence-electron chi connectivity index (χ0n) is 8.96. The Bertz CT molecular complexity index is 322. The molecule has 14 heavy (non-hydrogen) atoms. The van der Waals surface area contributed by atoms with Gasteiger partial charge in [-0.1, -0.05) is 17.2 Å². The van der Waals surface area contributed by atoms with Crippen molar-refractivity contribution >= 4 is 5.84 Å². The zero-order valence-corrected chi connectivity index (χ0v) is 8.96. The third-order valence-corrected chi connectivity index (χ3v) is 1.95. The first-order chi connectivity index (χ1) is 6.67. The van der Waals surface area contributed by atoms with Crippen LogP contribution in [0.15, 0.2) is 23.2 Å². The molecule has 0 heterocycles. The number of nitrogens with one attached hydrogen (secondary N) is 1. The molecule has 0 amide bonds. The lowest BCUT2D eigenvalue weighted by atomic mass is 10.1. The maximum atomic E-state index is 5.41. The van der Waals surface area contributed by atoms with Gasteiger partial charge in [-0.25, -0.2) is 5.84 Å². The van der Waals surface area contributed by atoms with Crippen molar-refractivity contribution in [2.45, 2.75) is 20.8 Å². The lowest BCUT2D eigenvalue weighted by molar-refractivity contribution is 0.990. The molecule has 0 bridgehead atoms. The molecule has 76 valence electrons. The smallest absolute Gasteiger partial charge is 0.142 e. The molecule has 3 heteroatoms. The molecular weight excluding hydrogens is 174 g/mol. The summed E-state index contributed by atoms with van der Waals surface area (Å²) < 4.78 is 0. The number of rotatable bonds is 2. The molecule has 0 aliphatic carbocycles. The molecule has 1 aromatic carbocycles. The molecule has 0 saturated heterocycles. The van der Waals surface area contributed by atoms with Crippen LogP contribution >= 0.6 is 0 Å². The number of aliphatic imine (C=N–C) groups is 1. The van der Waals surface area contributed by atoms with Crippen LogP contribution in [0.25, 0.3) is 0 Å². The van der Waals surface area contributed by atoms with E-state index in [2.05, 4.69) is 42.5 Å². The number of hydrazine groups is 1. The second-order valence-corrected chi connectivity index (χ2v) is 3.34. The van der Waals surface area contributed by atoms with Gasteiger partial charge < -0.3 is 5.43 Å². The summed E-state index contributed by atoms with van der Waals surface area (Å²) in [6, 6.07) is 6.27. The highest BCUT2D eigenvalue weighted by molar-refractivity contribution is 5.98. The molecule has 0 spiro atoms. The summed E-state index contributed by atoms with van der Waals surface area (Å²) in [5.74, 6) is 6.16. The Balaban J connectivity index is 3.10. The third-order valence-electron chi connectivity index (χ3n) is 1.95. The van der Waals surface area contributed by atoms with Crippen LogP contribution in [-0.4, -0.2) is 12.4 Å². The van der Waals surface area contributed by atoms with Crippen molar-refractivity contribution < 1.29 is 0 Å². The first-order valence-corrected chi connectivity index (χ1v) is 4.77. The van der Waals surface area contributed by atoms with Gasteiger partial charge in [-0.15, -0.1) is 0 Å². The Morgan fingerprint density at radius 3 is 2.29 bits per heavy atom. The molecule has 3 nitrogen and oxygen atoms in total. The highest BCUT2D eigenvalue weighted by atomic mass is 15.2. The van der Waals surface area contributed by atoms with E-state index in [1.807, 2.05) is 6.92 Å². The van der Waals surface area contributed by atoms with Crippen LogP contribution in [0.1, 0.15) is 23.6 Å². The molecule has 0 aromatic heterocycles. The van der Waals surface area contributed by atoms with Crippen molar-refractivity contribution in [2.75, 3.05) is 6.54 Å². The number of aryl methyl sites for hydroxylation is 2. The average molecular weight is 191 g/mol. The van der Waals surface area contributed by atoms with Crippen LogP contribution in [0.3, 0.4) is 0 Å². The van der Waals surface area contributed by atoms with Gasteiger partial charge in [0, 0.05) is 12.1 Å². The van der Waals surface area contributed by atoms with Crippen molar-refractivity contribution in [3.8, 4) is 0 Å². The summed E-state index contributed by atoms with van der Waals surface area (Å²) in [5.41, 5.74) is 6.11. The standard InChI is InChI=1S/C11H17N3/c1-4-13-11(14-12)10-6-8(2)5-9(3)7-10/h5-7H,4,12H2,1-3H3,(H,13,14). The number of nitrogens with two attached hydrogens (primary N) is 1. The quantitative estimate of drug-likeness (QED) is 0.322. The van der Waals surface area contributed by atoms with E-state index in [1.54, 1.807) is 0 Å². The van der Waals surface area contributed by atoms with Gasteiger partial charge in [-0.2, -0.15) is 0 Å². The van der Waals surface area contributed by atoms with Crippen LogP contribution < -0.4 is 11.3 Å². The fourth-order valence-corrected chi connectivity index (χ4v) is 1.49. The number of benzene rings is 1. The van der Waals surface area contributed by atoms with Gasteiger partial charge in [0.05, 0.1) is 0 Å². The SMILES string of the molecule is CCN=C(NN)c1cc(C)cc(C)c1. The summed E-state index contributed by atoms with van der Waals surface area (Å²) in [4.78, 5) is 4.28. The van der Waals surface area contributed by atoms with Gasteiger partial charge in [0.15, 0.2) is 0 Å². The maximum absolute atomic E-state index is 5.41. The van der Waals surface area contributed by atoms with E-state index >= 15 is 0 Å². The van der Waals surface area contributed by atoms with E-state index in [0.29, 0.717) is 0 Å². The number of amidine groups is 1. The van der Waals surface area contributed by atoms with Crippen molar-refractivity contribution in [3.05, 3.63) is 34.9 Å². The normalized spacial score (nSPS) is 11.6. The van der Waals surface area contributed by atoms with Crippen LogP contribution in [0.5, 0.6) is 0 Å². The predicted octanol–water partition coefficient (Wildman–Crippen LogP) is 1.53. The van der Waals surface area contributed by atoms with E-state index in [-0.39, 0.29) is 0 Å². The molecule has 1 rings (SSSR count). The Kier molecular flexibility index (Phi) is 3.65. The van der Waals surface area contributed by atoms with E-state index in [1.165, 1.54) is 11.1 Å². The summed E-state index contributed by atoms with van der Waals surface area (Å²) >= 11 is 0. The summed E-state index contributed by atoms with van der Waals surface area (Å²) in [7, 11) is 0. The second-order valence-electron chi connectivity index (χ2n) is 3.34. The topological polar surface area (TPSA) is 50.4 Å². The molecule has 3 N–H and O–H groups in total. The van der Waals surface area contributed by atoms with Crippen LogP contribution in [0.2, 0.25) is 0 Å². The minimum absolute atomic E-state index is 0.729. The van der Waals surface area contributed by atoms with Crippen molar-refractivity contribution in [1.29, 1.82) is 0 Å². The van der Waals surface area contributed by atoms with Gasteiger partial charge in [0.25, 0.3) is 0 Å². The first-order valence-electron chi connectivity index (χ1n) is 4.77. The molecule has 1 aromatic rings. The van der Waals surface area contributed by atoms with Gasteiger partial charge in [0.1, 0.15) is 5.84 Å². The molecule has 0 radical (unpaired) electrons. The minimum atomic E-state index is 0.729. The monoisotopic (exact) mass is 191 g/mol. The van der Waals surface area contributed by atoms with Crippen molar-refractivity contribution in [2.24, 2.45) is 10.8 Å².